The highest BCUT2D eigenvalue weighted by atomic mass is 15.1. The van der Waals surface area contributed by atoms with Crippen LogP contribution in [-0.2, 0) is 0 Å². The zero-order valence-corrected chi connectivity index (χ0v) is 10.4. The Hall–Kier alpha value is -0.530. The molecule has 0 unspecified atom stereocenters. The molecule has 0 aromatic heterocycles. The third kappa shape index (κ3) is 8.09. The van der Waals surface area contributed by atoms with E-state index in [9.17, 15) is 0 Å². The molecule has 0 saturated carbocycles. The van der Waals surface area contributed by atoms with Gasteiger partial charge >= 0.3 is 0 Å². The zero-order chi connectivity index (χ0) is 10.8. The first-order valence-electron chi connectivity index (χ1n) is 5.93. The first-order valence-corrected chi connectivity index (χ1v) is 5.93. The van der Waals surface area contributed by atoms with Crippen LogP contribution in [-0.4, -0.2) is 31.1 Å². The number of rotatable bonds is 7. The molecule has 0 aromatic rings. The highest BCUT2D eigenvalue weighted by Gasteiger charge is 1.98. The molecule has 0 aliphatic heterocycles. The molecule has 2 nitrogen and oxygen atoms in total. The number of hydrogen-bond donors (Lipinski definition) is 1. The van der Waals surface area contributed by atoms with E-state index in [1.54, 1.807) is 0 Å². The van der Waals surface area contributed by atoms with Gasteiger partial charge in [0.05, 0.1) is 20.6 Å². The topological polar surface area (TPSA) is 15.0 Å². The lowest BCUT2D eigenvalue weighted by Crippen LogP contribution is -2.28. The summed E-state index contributed by atoms with van der Waals surface area (Å²) >= 11 is 0. The van der Waals surface area contributed by atoms with Crippen molar-refractivity contribution in [3.8, 4) is 0 Å². The Bertz CT molecular complexity index is 158. The Morgan fingerprint density at radius 1 is 1.00 bits per heavy atom. The molecule has 14 heavy (non-hydrogen) atoms. The van der Waals surface area contributed by atoms with Gasteiger partial charge in [0.15, 0.2) is 0 Å². The Labute approximate surface area is 89.4 Å². The molecule has 0 aliphatic carbocycles. The normalized spacial score (nSPS) is 10.0. The first kappa shape index (κ1) is 13.5. The van der Waals surface area contributed by atoms with Gasteiger partial charge in [0.25, 0.3) is 0 Å². The molecule has 2 heteroatoms. The fourth-order valence-corrected chi connectivity index (χ4v) is 1.33. The van der Waals surface area contributed by atoms with Crippen molar-refractivity contribution in [3.05, 3.63) is 0 Å². The molecule has 0 spiro atoms. The number of nitrogens with zero attached hydrogens (tertiary/aromatic N) is 1. The smallest absolute Gasteiger partial charge is 0.241 e. The van der Waals surface area contributed by atoms with E-state index < -0.39 is 0 Å². The Morgan fingerprint density at radius 2 is 1.57 bits per heavy atom. The molecule has 0 aromatic carbocycles. The third-order valence-corrected chi connectivity index (χ3v) is 2.58. The second kappa shape index (κ2) is 9.04. The molecule has 0 radical (unpaired) electrons. The standard InChI is InChI=1S/C12H26N2/c1-5-6-7-8-9-10-11-13-12(2)14(3)4/h5-11H2,1-4H3/p+1. The molecule has 84 valence electrons. The van der Waals surface area contributed by atoms with Crippen LogP contribution in [0.1, 0.15) is 52.4 Å². The van der Waals surface area contributed by atoms with Crippen LogP contribution in [0.4, 0.5) is 0 Å². The van der Waals surface area contributed by atoms with Gasteiger partial charge in [0.2, 0.25) is 5.84 Å². The summed E-state index contributed by atoms with van der Waals surface area (Å²) in [5, 5.41) is 3.42. The lowest BCUT2D eigenvalue weighted by Gasteiger charge is -2.02. The summed E-state index contributed by atoms with van der Waals surface area (Å²) in [7, 11) is 4.15. The second-order valence-electron chi connectivity index (χ2n) is 4.17. The van der Waals surface area contributed by atoms with Crippen LogP contribution in [0.25, 0.3) is 0 Å². The van der Waals surface area contributed by atoms with Gasteiger partial charge in [-0.2, -0.15) is 0 Å². The molecule has 1 N–H and O–H groups in total. The van der Waals surface area contributed by atoms with Crippen LogP contribution >= 0.6 is 0 Å². The molecule has 0 atom stereocenters. The molecule has 0 bridgehead atoms. The highest BCUT2D eigenvalue weighted by Crippen LogP contribution is 2.03. The van der Waals surface area contributed by atoms with E-state index in [0.717, 1.165) is 6.54 Å². The van der Waals surface area contributed by atoms with Gasteiger partial charge in [-0.25, -0.2) is 0 Å². The van der Waals surface area contributed by atoms with Crippen LogP contribution in [0, 0.1) is 0 Å². The van der Waals surface area contributed by atoms with E-state index in [0.29, 0.717) is 0 Å². The van der Waals surface area contributed by atoms with Crippen molar-refractivity contribution in [1.29, 1.82) is 0 Å². The molecule has 0 rings (SSSR count). The van der Waals surface area contributed by atoms with E-state index >= 15 is 0 Å². The predicted molar refractivity (Wildman–Crippen MR) is 64.2 cm³/mol. The SMILES string of the molecule is CCCCCCCCNC(C)=[N+](C)C. The average molecular weight is 199 g/mol. The van der Waals surface area contributed by atoms with Crippen LogP contribution < -0.4 is 5.32 Å². The number of amidine groups is 1. The fraction of sp³-hybridized carbons (Fsp3) is 0.917. The summed E-state index contributed by atoms with van der Waals surface area (Å²) in [6, 6.07) is 0. The number of unbranched alkanes of at least 4 members (excludes halogenated alkanes) is 5. The quantitative estimate of drug-likeness (QED) is 0.288. The highest BCUT2D eigenvalue weighted by molar-refractivity contribution is 5.74. The second-order valence-corrected chi connectivity index (χ2v) is 4.17. The number of nitrogens with one attached hydrogen (secondary N) is 1. The van der Waals surface area contributed by atoms with Crippen molar-refractivity contribution in [2.75, 3.05) is 20.6 Å². The van der Waals surface area contributed by atoms with Crippen molar-refractivity contribution in [2.45, 2.75) is 52.4 Å². The monoisotopic (exact) mass is 199 g/mol. The number of hydrogen-bond acceptors (Lipinski definition) is 0. The summed E-state index contributed by atoms with van der Waals surface area (Å²) in [5.74, 6) is 1.26. The van der Waals surface area contributed by atoms with Gasteiger partial charge in [-0.1, -0.05) is 32.6 Å². The van der Waals surface area contributed by atoms with E-state index in [-0.39, 0.29) is 0 Å². The van der Waals surface area contributed by atoms with Gasteiger partial charge in [-0.05, 0) is 12.8 Å². The summed E-state index contributed by atoms with van der Waals surface area (Å²) < 4.78 is 2.12. The van der Waals surface area contributed by atoms with Crippen LogP contribution in [0.5, 0.6) is 0 Å². The zero-order valence-electron chi connectivity index (χ0n) is 10.4. The largest absolute Gasteiger partial charge is 0.279 e. The molecular formula is C12H27N2+. The maximum absolute atomic E-state index is 3.42. The molecule has 0 fully saturated rings. The van der Waals surface area contributed by atoms with Crippen molar-refractivity contribution in [1.82, 2.24) is 5.32 Å². The van der Waals surface area contributed by atoms with Crippen molar-refractivity contribution in [3.63, 3.8) is 0 Å². The first-order chi connectivity index (χ1) is 6.68. The minimum atomic E-state index is 1.12. The molecule has 0 aliphatic rings. The third-order valence-electron chi connectivity index (χ3n) is 2.58. The van der Waals surface area contributed by atoms with Gasteiger partial charge in [0.1, 0.15) is 0 Å². The Balaban J connectivity index is 3.18. The summed E-state index contributed by atoms with van der Waals surface area (Å²) in [4.78, 5) is 0. The average Bonchev–Trinajstić information content (AvgIpc) is 2.16. The summed E-state index contributed by atoms with van der Waals surface area (Å²) in [6.07, 6.45) is 8.22. The van der Waals surface area contributed by atoms with Crippen molar-refractivity contribution >= 4 is 5.84 Å². The van der Waals surface area contributed by atoms with Crippen molar-refractivity contribution in [2.24, 2.45) is 0 Å². The minimum Gasteiger partial charge on any atom is -0.279 e. The summed E-state index contributed by atoms with van der Waals surface area (Å²) in [6.45, 7) is 5.50. The lowest BCUT2D eigenvalue weighted by molar-refractivity contribution is -0.467. The molecule has 0 saturated heterocycles. The van der Waals surface area contributed by atoms with Gasteiger partial charge in [-0.15, -0.1) is 0 Å². The van der Waals surface area contributed by atoms with Gasteiger partial charge in [-0.3, -0.25) is 9.89 Å². The molecule has 0 amide bonds. The van der Waals surface area contributed by atoms with Crippen molar-refractivity contribution < 1.29 is 4.58 Å². The van der Waals surface area contributed by atoms with Gasteiger partial charge in [0, 0.05) is 6.92 Å². The molecule has 0 heterocycles. The summed E-state index contributed by atoms with van der Waals surface area (Å²) in [5.41, 5.74) is 0. The van der Waals surface area contributed by atoms with Gasteiger partial charge < -0.3 is 0 Å². The maximum Gasteiger partial charge on any atom is 0.241 e. The van der Waals surface area contributed by atoms with E-state index in [4.69, 9.17) is 0 Å². The minimum absolute atomic E-state index is 1.12. The van der Waals surface area contributed by atoms with E-state index in [2.05, 4.69) is 37.8 Å². The lowest BCUT2D eigenvalue weighted by atomic mass is 10.1. The van der Waals surface area contributed by atoms with E-state index in [1.165, 1.54) is 44.4 Å². The van der Waals surface area contributed by atoms with Crippen LogP contribution in [0.2, 0.25) is 0 Å². The Morgan fingerprint density at radius 3 is 2.14 bits per heavy atom. The Kier molecular flexibility index (Phi) is 8.70. The van der Waals surface area contributed by atoms with Crippen LogP contribution in [0.3, 0.4) is 0 Å². The molecular weight excluding hydrogens is 172 g/mol. The maximum atomic E-state index is 3.42. The predicted octanol–water partition coefficient (Wildman–Crippen LogP) is 2.63. The fourth-order valence-electron chi connectivity index (χ4n) is 1.33. The van der Waals surface area contributed by atoms with E-state index in [1.807, 2.05) is 0 Å². The van der Waals surface area contributed by atoms with Crippen LogP contribution in [0.15, 0.2) is 0 Å².